The van der Waals surface area contributed by atoms with Crippen molar-refractivity contribution in [2.24, 2.45) is 28.6 Å². The van der Waals surface area contributed by atoms with Gasteiger partial charge in [0, 0.05) is 10.8 Å². The van der Waals surface area contributed by atoms with Crippen LogP contribution in [0.5, 0.6) is 0 Å². The molecule has 0 saturated heterocycles. The van der Waals surface area contributed by atoms with E-state index in [9.17, 15) is 14.7 Å². The first-order valence-corrected chi connectivity index (χ1v) is 12.5. The van der Waals surface area contributed by atoms with Crippen LogP contribution in [-0.4, -0.2) is 44.0 Å². The predicted molar refractivity (Wildman–Crippen MR) is 120 cm³/mol. The average Bonchev–Trinajstić information content (AvgIpc) is 2.88. The lowest BCUT2D eigenvalue weighted by Crippen LogP contribution is -2.69. The van der Waals surface area contributed by atoms with Gasteiger partial charge in [0.1, 0.15) is 11.8 Å². The number of fused-ring (bicyclic) bond motifs is 5. The smallest absolute Gasteiger partial charge is 0.196 e. The first-order valence-electron chi connectivity index (χ1n) is 10.2. The average molecular weight is 543 g/mol. The number of alkyl halides is 4. The van der Waals surface area contributed by atoms with E-state index in [1.165, 1.54) is 6.08 Å². The lowest BCUT2D eigenvalue weighted by atomic mass is 9.46. The van der Waals surface area contributed by atoms with Crippen molar-refractivity contribution in [3.63, 3.8) is 0 Å². The number of carbonyl (C=O) groups excluding carboxylic acids is 2. The van der Waals surface area contributed by atoms with E-state index in [4.69, 9.17) is 34.8 Å². The zero-order chi connectivity index (χ0) is 22.4. The molecule has 3 fully saturated rings. The molecule has 1 N–H and O–H groups in total. The summed E-state index contributed by atoms with van der Waals surface area (Å²) in [4.78, 5) is 23.9. The number of hydrogen-bond donors (Lipinski definition) is 1. The van der Waals surface area contributed by atoms with Crippen molar-refractivity contribution in [2.45, 2.75) is 62.1 Å². The number of ketones is 2. The second kappa shape index (κ2) is 7.03. The van der Waals surface area contributed by atoms with E-state index >= 15 is 4.39 Å². The maximum Gasteiger partial charge on any atom is 0.196 e. The Hall–Kier alpha value is 0.0600. The third-order valence-corrected chi connectivity index (χ3v) is 11.2. The van der Waals surface area contributed by atoms with Gasteiger partial charge in [-0.3, -0.25) is 9.59 Å². The summed E-state index contributed by atoms with van der Waals surface area (Å²) in [6.07, 6.45) is 2.46. The van der Waals surface area contributed by atoms with Crippen molar-refractivity contribution in [2.75, 3.05) is 5.33 Å². The Morgan fingerprint density at radius 1 is 1.33 bits per heavy atom. The minimum atomic E-state index is -1.56. The SMILES string of the molecule is CC1C[C@H]2[C@@H]3CC(F)C4=C(Cl)C(=O)C=C[C@]4(C)[C@@]3(Cl)C(Cl)C[C@]2(C)[C@@]1(O)C(=O)CBr. The third kappa shape index (κ3) is 2.48. The monoisotopic (exact) mass is 540 g/mol. The van der Waals surface area contributed by atoms with E-state index in [2.05, 4.69) is 15.9 Å². The Bertz CT molecular complexity index is 893. The molecule has 0 radical (unpaired) electrons. The van der Waals surface area contributed by atoms with Crippen molar-refractivity contribution >= 4 is 62.3 Å². The van der Waals surface area contributed by atoms with Crippen molar-refractivity contribution < 1.29 is 19.1 Å². The van der Waals surface area contributed by atoms with Crippen molar-refractivity contribution in [3.8, 4) is 0 Å². The van der Waals surface area contributed by atoms with Crippen molar-refractivity contribution in [1.82, 2.24) is 0 Å². The Balaban J connectivity index is 1.89. The van der Waals surface area contributed by atoms with Crippen LogP contribution in [0.3, 0.4) is 0 Å². The number of hydrogen-bond acceptors (Lipinski definition) is 3. The van der Waals surface area contributed by atoms with Crippen molar-refractivity contribution in [1.29, 1.82) is 0 Å². The summed E-state index contributed by atoms with van der Waals surface area (Å²) in [5.41, 5.74) is -3.23. The summed E-state index contributed by atoms with van der Waals surface area (Å²) >= 11 is 23.8. The molecule has 0 aromatic heterocycles. The number of allylic oxidation sites excluding steroid dienone is 4. The molecule has 0 aromatic carbocycles. The Morgan fingerprint density at radius 2 is 1.97 bits per heavy atom. The number of aliphatic hydroxyl groups is 1. The maximum absolute atomic E-state index is 15.6. The summed E-state index contributed by atoms with van der Waals surface area (Å²) in [5.74, 6) is -1.61. The van der Waals surface area contributed by atoms with Crippen molar-refractivity contribution in [3.05, 3.63) is 22.8 Å². The first kappa shape index (κ1) is 23.2. The molecular formula is C22H25BrCl3FO3. The van der Waals surface area contributed by atoms with Gasteiger partial charge in [-0.2, -0.15) is 0 Å². The zero-order valence-corrected chi connectivity index (χ0v) is 20.9. The predicted octanol–water partition coefficient (Wildman–Crippen LogP) is 5.33. The topological polar surface area (TPSA) is 54.4 Å². The standard InChI is InChI=1S/C22H25BrCl3FO3/c1-10-6-11-12-7-13(27)17-18(25)14(28)4-5-19(17,2)21(12,26)15(24)8-20(11,3)22(10,30)16(29)9-23/h4-5,10-13,15,30H,6-9H2,1-3H3/t10?,11-,12-,13?,15?,19-,20-,21-,22-/m0/s1. The summed E-state index contributed by atoms with van der Waals surface area (Å²) in [5, 5.41) is 10.9. The highest BCUT2D eigenvalue weighted by atomic mass is 79.9. The Labute approximate surface area is 199 Å². The Morgan fingerprint density at radius 3 is 2.57 bits per heavy atom. The molecule has 0 bridgehead atoms. The second-order valence-electron chi connectivity index (χ2n) is 9.86. The maximum atomic E-state index is 15.6. The van der Waals surface area contributed by atoms with E-state index in [0.717, 1.165) is 0 Å². The van der Waals surface area contributed by atoms with E-state index in [-0.39, 0.29) is 40.0 Å². The van der Waals surface area contributed by atoms with Crippen LogP contribution in [0.1, 0.15) is 40.0 Å². The minimum Gasteiger partial charge on any atom is -0.381 e. The molecule has 4 rings (SSSR count). The lowest BCUT2D eigenvalue weighted by Gasteiger charge is -2.64. The molecule has 9 atom stereocenters. The van der Waals surface area contributed by atoms with E-state index in [1.807, 2.05) is 13.8 Å². The van der Waals surface area contributed by atoms with Crippen LogP contribution in [0.4, 0.5) is 4.39 Å². The largest absolute Gasteiger partial charge is 0.381 e. The van der Waals surface area contributed by atoms with Gasteiger partial charge in [0.25, 0.3) is 0 Å². The summed E-state index contributed by atoms with van der Waals surface area (Å²) in [7, 11) is 0. The van der Waals surface area contributed by atoms with Crippen LogP contribution >= 0.6 is 50.7 Å². The van der Waals surface area contributed by atoms with Crippen LogP contribution in [0.2, 0.25) is 0 Å². The fourth-order valence-electron chi connectivity index (χ4n) is 7.26. The van der Waals surface area contributed by atoms with Crippen LogP contribution < -0.4 is 0 Å². The normalized spacial score (nSPS) is 52.7. The van der Waals surface area contributed by atoms with Gasteiger partial charge in [-0.25, -0.2) is 4.39 Å². The Kier molecular flexibility index (Phi) is 5.44. The quantitative estimate of drug-likeness (QED) is 0.480. The molecule has 3 nitrogen and oxygen atoms in total. The van der Waals surface area contributed by atoms with Gasteiger partial charge in [0.15, 0.2) is 11.6 Å². The fraction of sp³-hybridized carbons (Fsp3) is 0.727. The summed E-state index contributed by atoms with van der Waals surface area (Å²) in [6, 6.07) is 0. The molecule has 0 spiro atoms. The molecule has 3 saturated carbocycles. The lowest BCUT2D eigenvalue weighted by molar-refractivity contribution is -0.162. The van der Waals surface area contributed by atoms with Crippen LogP contribution in [0.25, 0.3) is 0 Å². The molecule has 30 heavy (non-hydrogen) atoms. The summed E-state index contributed by atoms with van der Waals surface area (Å²) < 4.78 is 15.6. The molecule has 4 aliphatic carbocycles. The van der Waals surface area contributed by atoms with Gasteiger partial charge in [0.2, 0.25) is 0 Å². The second-order valence-corrected chi connectivity index (χ2v) is 12.0. The van der Waals surface area contributed by atoms with Gasteiger partial charge in [-0.15, -0.1) is 23.2 Å². The fourth-order valence-corrected chi connectivity index (χ4v) is 9.26. The van der Waals surface area contributed by atoms with Gasteiger partial charge in [0.05, 0.1) is 20.6 Å². The molecule has 0 aromatic rings. The van der Waals surface area contributed by atoms with Gasteiger partial charge < -0.3 is 5.11 Å². The first-order chi connectivity index (χ1) is 13.8. The number of halogens is 5. The minimum absolute atomic E-state index is 0.0383. The number of carbonyl (C=O) groups is 2. The molecular weight excluding hydrogens is 518 g/mol. The van der Waals surface area contributed by atoms with Gasteiger partial charge in [-0.05, 0) is 48.7 Å². The third-order valence-electron chi connectivity index (χ3n) is 8.79. The highest BCUT2D eigenvalue weighted by molar-refractivity contribution is 9.09. The molecule has 166 valence electrons. The zero-order valence-electron chi connectivity index (χ0n) is 17.0. The number of rotatable bonds is 2. The highest BCUT2D eigenvalue weighted by Gasteiger charge is 2.75. The van der Waals surface area contributed by atoms with E-state index < -0.39 is 44.6 Å². The molecule has 0 heterocycles. The molecule has 4 aliphatic rings. The van der Waals surface area contributed by atoms with Gasteiger partial charge in [-0.1, -0.05) is 54.4 Å². The van der Waals surface area contributed by atoms with E-state index in [0.29, 0.717) is 12.8 Å². The molecule has 8 heteroatoms. The molecule has 0 aliphatic heterocycles. The number of Topliss-reactive ketones (excluding diaryl/α,β-unsaturated/α-hetero) is 1. The van der Waals surface area contributed by atoms with Crippen LogP contribution in [0, 0.1) is 28.6 Å². The van der Waals surface area contributed by atoms with Gasteiger partial charge >= 0.3 is 0 Å². The van der Waals surface area contributed by atoms with Crippen LogP contribution in [-0.2, 0) is 9.59 Å². The highest BCUT2D eigenvalue weighted by Crippen LogP contribution is 2.72. The van der Waals surface area contributed by atoms with E-state index in [1.54, 1.807) is 13.0 Å². The molecule has 0 amide bonds. The molecule has 3 unspecified atom stereocenters. The van der Waals surface area contributed by atoms with Crippen LogP contribution in [0.15, 0.2) is 22.8 Å². The summed E-state index contributed by atoms with van der Waals surface area (Å²) in [6.45, 7) is 5.55.